The summed E-state index contributed by atoms with van der Waals surface area (Å²) >= 11 is 0.696. The smallest absolute Gasteiger partial charge is 0.303 e. The number of carboxylic acids is 1. The number of nitrogens with zero attached hydrogens (tertiary/aromatic N) is 5. The fourth-order valence-electron chi connectivity index (χ4n) is 16.1. The number of Topliss-reactive ketones (excluding diaryl/α,β-unsaturated/α-hetero) is 1. The number of carbonyl (C=O) groups is 19. The Morgan fingerprint density at radius 3 is 1.68 bits per heavy atom. The number of H-pyrrole nitrogens is 2. The molecule has 15 atom stereocenters. The number of unbranched alkanes of at least 4 members (excludes halogenated alkanes) is 2. The number of primary amides is 3. The van der Waals surface area contributed by atoms with Gasteiger partial charge in [0.1, 0.15) is 78.3 Å². The van der Waals surface area contributed by atoms with Gasteiger partial charge in [-0.15, -0.1) is 11.8 Å². The molecule has 44 heteroatoms. The average Bonchev–Trinajstić information content (AvgIpc) is 1.80. The molecular weight excluding hydrogens is 1730 g/mol. The van der Waals surface area contributed by atoms with E-state index in [4.69, 9.17) is 22.9 Å². The van der Waals surface area contributed by atoms with Gasteiger partial charge in [0.15, 0.2) is 5.78 Å². The Balaban J connectivity index is 1.19. The van der Waals surface area contributed by atoms with Gasteiger partial charge in [-0.2, -0.15) is 0 Å². The molecule has 8 rings (SSSR count). The van der Waals surface area contributed by atoms with E-state index in [1.165, 1.54) is 52.3 Å². The highest BCUT2D eigenvalue weighted by atomic mass is 32.2. The van der Waals surface area contributed by atoms with Crippen molar-refractivity contribution in [3.05, 3.63) is 102 Å². The van der Waals surface area contributed by atoms with Crippen LogP contribution in [-0.4, -0.2) is 317 Å². The molecule has 23 N–H and O–H groups in total. The highest BCUT2D eigenvalue weighted by molar-refractivity contribution is 8.00. The lowest BCUT2D eigenvalue weighted by atomic mass is 9.90. The molecule has 3 aliphatic rings. The maximum Gasteiger partial charge on any atom is 0.303 e. The number of rotatable bonds is 25. The van der Waals surface area contributed by atoms with Gasteiger partial charge < -0.3 is 126 Å². The Labute approximate surface area is 759 Å². The summed E-state index contributed by atoms with van der Waals surface area (Å²) in [6, 6.07) is -1.98. The Kier molecular flexibility index (Phi) is 38.7. The summed E-state index contributed by atoms with van der Waals surface area (Å²) in [5.74, 6) is -22.3. The van der Waals surface area contributed by atoms with Gasteiger partial charge in [-0.25, -0.2) is 0 Å². The quantitative estimate of drug-likeness (QED) is 0.0265. The molecule has 3 aliphatic heterocycles. The van der Waals surface area contributed by atoms with Crippen molar-refractivity contribution in [1.29, 1.82) is 0 Å². The minimum absolute atomic E-state index is 0.0535. The van der Waals surface area contributed by atoms with Crippen molar-refractivity contribution < 1.29 is 112 Å². The molecule has 0 spiro atoms. The van der Waals surface area contributed by atoms with E-state index in [9.17, 15) is 78.0 Å². The van der Waals surface area contributed by atoms with Crippen LogP contribution in [0, 0.1) is 5.92 Å². The number of thioether (sulfide) groups is 1. The molecule has 0 saturated carbocycles. The van der Waals surface area contributed by atoms with Crippen molar-refractivity contribution in [2.75, 3.05) is 65.4 Å². The van der Waals surface area contributed by atoms with E-state index < -0.39 is 285 Å². The molecule has 5 aromatic rings. The molecular formula is C87H120N20O23S. The van der Waals surface area contributed by atoms with E-state index >= 15 is 33.6 Å². The maximum atomic E-state index is 15.7. The summed E-state index contributed by atoms with van der Waals surface area (Å²) in [7, 11) is 3.75. The van der Waals surface area contributed by atoms with Gasteiger partial charge in [0, 0.05) is 125 Å². The number of hydrogen-bond acceptors (Lipinski definition) is 24. The topological polar surface area (TPSA) is 665 Å². The van der Waals surface area contributed by atoms with Crippen LogP contribution in [0.5, 0.6) is 5.75 Å². The fourth-order valence-corrected chi connectivity index (χ4v) is 16.9. The Morgan fingerprint density at radius 1 is 0.534 bits per heavy atom. The summed E-state index contributed by atoms with van der Waals surface area (Å²) in [5.41, 5.74) is 25.3. The molecule has 0 unspecified atom stereocenters. The second kappa shape index (κ2) is 49.1. The third-order valence-corrected chi connectivity index (χ3v) is 24.5. The first-order valence-electron chi connectivity index (χ1n) is 43.4. The number of carbonyl (C=O) groups excluding carboxylic acids is 18. The van der Waals surface area contributed by atoms with Crippen LogP contribution in [0.1, 0.15) is 134 Å². The summed E-state index contributed by atoms with van der Waals surface area (Å²) in [6.45, 7) is 1.55. The Morgan fingerprint density at radius 2 is 1.08 bits per heavy atom. The van der Waals surface area contributed by atoms with Crippen molar-refractivity contribution in [3.63, 3.8) is 0 Å². The predicted octanol–water partition coefficient (Wildman–Crippen LogP) is -4.02. The van der Waals surface area contributed by atoms with Crippen LogP contribution in [0.25, 0.3) is 21.8 Å². The summed E-state index contributed by atoms with van der Waals surface area (Å²) in [6.07, 6.45) is -2.22. The van der Waals surface area contributed by atoms with Crippen molar-refractivity contribution in [2.45, 2.75) is 221 Å². The number of nitrogens with one attached hydrogen (secondary N) is 11. The molecule has 5 heterocycles. The number of fused-ring (bicyclic) bond motifs is 4. The first kappa shape index (κ1) is 103. The largest absolute Gasteiger partial charge is 0.508 e. The highest BCUT2D eigenvalue weighted by Crippen LogP contribution is 2.30. The SMILES string of the molecule is CCCC[C@H]1C(=O)N(C)[C@@H](CCCC)C(=O)N[C@@H](CCC(=O)O)C(=O)N[C@H](C(=O)NCC(N)=O)CSCC(=O)N[C@@H](Cc2ccc(O)cc2)C(=O)N(C)[C@@H](C)C(=O)N[C@@H](CC(N)=O)C(=O)N2CCC[C@H]2C(=O)N[C@@H](CN)C(=O)N[C@@H](CCC(N)=O)C(=O)N2C[C@H](O)C[C@H]2C(=O)C[C@@H](Cc2c[nH]c3ccccc23)C(=O)N[C@@H](CO)C(=O)N[C@@H](Cc2c[nH]c3ccccc23)C(=O)N1C. The normalized spacial score (nSPS) is 25.2. The van der Waals surface area contributed by atoms with E-state index in [0.717, 1.165) is 24.5 Å². The van der Waals surface area contributed by atoms with Gasteiger partial charge in [0.2, 0.25) is 100 Å². The van der Waals surface area contributed by atoms with Gasteiger partial charge in [0.25, 0.3) is 0 Å². The summed E-state index contributed by atoms with van der Waals surface area (Å²) < 4.78 is 0. The number of carboxylic acid groups (broad SMARTS) is 1. The molecule has 3 fully saturated rings. The molecule has 0 radical (unpaired) electrons. The second-order valence-electron chi connectivity index (χ2n) is 33.1. The van der Waals surface area contributed by atoms with E-state index in [1.54, 1.807) is 67.8 Å². The number of nitrogens with two attached hydrogens (primary N) is 4. The predicted molar refractivity (Wildman–Crippen MR) is 474 cm³/mol. The number of phenols is 1. The molecule has 131 heavy (non-hydrogen) atoms. The van der Waals surface area contributed by atoms with Crippen LogP contribution in [0.15, 0.2) is 85.2 Å². The monoisotopic (exact) mass is 1840 g/mol. The van der Waals surface area contributed by atoms with Crippen LogP contribution in [0.2, 0.25) is 0 Å². The Hall–Kier alpha value is -13.1. The van der Waals surface area contributed by atoms with Gasteiger partial charge in [-0.05, 0) is 92.8 Å². The molecule has 0 aliphatic carbocycles. The zero-order chi connectivity index (χ0) is 96.2. The summed E-state index contributed by atoms with van der Waals surface area (Å²) in [5, 5.41) is 66.5. The standard InChI is InChI=1S/C87H120N20O23S/c1-7-9-20-65-81(124)96-57(28-30-74(116)117)78(121)102-64(77(120)94-41-72(91)114)44-131-45-73(115)95-59(32-47-23-25-51(109)26-24-47)83(126)103(4)46(3)75(118)98-61(37-71(90)113)86(129)106-31-15-22-66(106)82(125)100-62(38-88)79(122)97-58(27-29-70(89)112)85(128)107-42-52(110)36-68(107)69(111)35-48(33-49-39-92-55-18-13-11-16-53(49)55)76(119)101-63(43-108)80(123)99-60(34-50-40-93-56-19-14-12-17-54(50)56)84(127)105(6)67(21-10-8-2)87(130)104(65)5/h11-14,16-19,23-26,39-40,46,48,52,57-68,92-93,108-110H,7-10,15,20-22,27-38,41-45,88H2,1-6H3,(H2,89,112)(H2,90,113)(H2,91,114)(H,94,120)(H,95,115)(H,96,124)(H,97,122)(H,98,118)(H,99,123)(H,100,125)(H,101,119)(H,102,121)(H,116,117)/t46-,48+,52+,57-,58-,59-,60-,61-,62-,63-,64-,65-,66-,67-,68-/m0/s1. The van der Waals surface area contributed by atoms with E-state index in [2.05, 4.69) is 57.8 Å². The molecule has 2 aromatic heterocycles. The van der Waals surface area contributed by atoms with Gasteiger partial charge >= 0.3 is 5.97 Å². The number of aliphatic hydroxyl groups excluding tert-OH is 2. The first-order valence-corrected chi connectivity index (χ1v) is 44.6. The lowest BCUT2D eigenvalue weighted by Gasteiger charge is -2.36. The second-order valence-corrected chi connectivity index (χ2v) is 34.1. The highest BCUT2D eigenvalue weighted by Gasteiger charge is 2.47. The third kappa shape index (κ3) is 28.7. The number of aromatic nitrogens is 2. The zero-order valence-electron chi connectivity index (χ0n) is 73.9. The molecule has 0 bridgehead atoms. The fraction of sp³-hybridized carbons (Fsp3) is 0.529. The van der Waals surface area contributed by atoms with Gasteiger partial charge in [0.05, 0.1) is 37.5 Å². The Bertz CT molecular complexity index is 4990. The van der Waals surface area contributed by atoms with Crippen LogP contribution < -0.4 is 70.8 Å². The lowest BCUT2D eigenvalue weighted by Crippen LogP contribution is -2.61. The summed E-state index contributed by atoms with van der Waals surface area (Å²) in [4.78, 5) is 283. The molecule has 43 nitrogen and oxygen atoms in total. The number of hydrogen-bond donors (Lipinski definition) is 19. The number of aliphatic carboxylic acids is 1. The van der Waals surface area contributed by atoms with E-state index in [1.807, 2.05) is 6.92 Å². The van der Waals surface area contributed by atoms with Crippen molar-refractivity contribution in [1.82, 2.24) is 82.3 Å². The number of likely N-dealkylation sites (N-methyl/N-ethyl adjacent to an activating group) is 3. The number of aliphatic hydroxyl groups is 2. The zero-order valence-corrected chi connectivity index (χ0v) is 74.7. The van der Waals surface area contributed by atoms with Crippen molar-refractivity contribution >= 4 is 146 Å². The maximum absolute atomic E-state index is 15.7. The molecule has 712 valence electrons. The van der Waals surface area contributed by atoms with Crippen LogP contribution >= 0.6 is 11.8 Å². The van der Waals surface area contributed by atoms with Crippen LogP contribution in [0.3, 0.4) is 0 Å². The molecule has 17 amide bonds. The van der Waals surface area contributed by atoms with Crippen molar-refractivity contribution in [2.24, 2.45) is 28.9 Å². The number of benzene rings is 3. The lowest BCUT2D eigenvalue weighted by molar-refractivity contribution is -0.149. The third-order valence-electron chi connectivity index (χ3n) is 23.5. The minimum Gasteiger partial charge on any atom is -0.508 e. The van der Waals surface area contributed by atoms with Crippen LogP contribution in [-0.2, 0) is 110 Å². The van der Waals surface area contributed by atoms with Gasteiger partial charge in [-0.3, -0.25) is 91.1 Å². The minimum atomic E-state index is -1.90. The van der Waals surface area contributed by atoms with Gasteiger partial charge in [-0.1, -0.05) is 88.1 Å². The first-order chi connectivity index (χ1) is 62.3. The molecule has 3 aromatic carbocycles. The van der Waals surface area contributed by atoms with E-state index in [-0.39, 0.29) is 63.7 Å². The number of aromatic amines is 2. The average molecular weight is 1850 g/mol. The van der Waals surface area contributed by atoms with Crippen molar-refractivity contribution in [3.8, 4) is 5.75 Å². The number of aromatic hydroxyl groups is 1. The van der Waals surface area contributed by atoms with Crippen LogP contribution in [0.4, 0.5) is 0 Å². The number of phenolic OH excluding ortho intramolecular Hbond substituents is 1. The number of para-hydroxylation sites is 2. The van der Waals surface area contributed by atoms with E-state index in [0.29, 0.717) is 69.5 Å². The molecule has 3 saturated heterocycles. The number of amides is 17. The number of ketones is 1.